The maximum atomic E-state index is 10.9. The molecule has 1 aromatic carbocycles. The Labute approximate surface area is 108 Å². The second kappa shape index (κ2) is 4.73. The van der Waals surface area contributed by atoms with Crippen molar-refractivity contribution in [3.05, 3.63) is 52.3 Å². The van der Waals surface area contributed by atoms with Crippen LogP contribution < -0.4 is 5.73 Å². The van der Waals surface area contributed by atoms with Gasteiger partial charge in [0.1, 0.15) is 5.69 Å². The SMILES string of the molecule is NC(=O)c1ccc(-c2ccc(Cl)cc2Cl)cn1. The number of nitrogens with two attached hydrogens (primary N) is 1. The van der Waals surface area contributed by atoms with Gasteiger partial charge in [-0.3, -0.25) is 9.78 Å². The average Bonchev–Trinajstić information content (AvgIpc) is 2.29. The van der Waals surface area contributed by atoms with Gasteiger partial charge in [-0.2, -0.15) is 0 Å². The molecule has 86 valence electrons. The van der Waals surface area contributed by atoms with E-state index in [1.54, 1.807) is 36.5 Å². The Hall–Kier alpha value is -1.58. The van der Waals surface area contributed by atoms with Crippen LogP contribution in [-0.2, 0) is 0 Å². The molecule has 5 heteroatoms. The molecule has 1 heterocycles. The summed E-state index contributed by atoms with van der Waals surface area (Å²) < 4.78 is 0. The molecule has 0 bridgehead atoms. The van der Waals surface area contributed by atoms with E-state index in [2.05, 4.69) is 4.98 Å². The highest BCUT2D eigenvalue weighted by Gasteiger charge is 2.06. The number of nitrogens with zero attached hydrogens (tertiary/aromatic N) is 1. The van der Waals surface area contributed by atoms with Gasteiger partial charge in [0.05, 0.1) is 0 Å². The topological polar surface area (TPSA) is 56.0 Å². The van der Waals surface area contributed by atoms with E-state index in [1.807, 2.05) is 0 Å². The number of halogens is 2. The molecule has 2 rings (SSSR count). The summed E-state index contributed by atoms with van der Waals surface area (Å²) in [5.41, 5.74) is 6.94. The molecular formula is C12H8Cl2N2O. The van der Waals surface area contributed by atoms with Gasteiger partial charge in [0.15, 0.2) is 0 Å². The Bertz CT molecular complexity index is 567. The van der Waals surface area contributed by atoms with E-state index in [-0.39, 0.29) is 5.69 Å². The Morgan fingerprint density at radius 2 is 1.94 bits per heavy atom. The lowest BCUT2D eigenvalue weighted by Gasteiger charge is -2.04. The number of aromatic nitrogens is 1. The second-order valence-corrected chi connectivity index (χ2v) is 4.26. The molecule has 17 heavy (non-hydrogen) atoms. The lowest BCUT2D eigenvalue weighted by molar-refractivity contribution is 0.0995. The lowest BCUT2D eigenvalue weighted by atomic mass is 10.1. The predicted octanol–water partition coefficient (Wildman–Crippen LogP) is 3.15. The molecule has 0 unspecified atom stereocenters. The number of benzene rings is 1. The number of hydrogen-bond donors (Lipinski definition) is 1. The standard InChI is InChI=1S/C12H8Cl2N2O/c13-8-2-3-9(10(14)5-8)7-1-4-11(12(15)17)16-6-7/h1-6H,(H2,15,17). The maximum Gasteiger partial charge on any atom is 0.267 e. The third-order valence-corrected chi connectivity index (χ3v) is 2.81. The van der Waals surface area contributed by atoms with Crippen molar-refractivity contribution < 1.29 is 4.79 Å². The number of rotatable bonds is 2. The van der Waals surface area contributed by atoms with Crippen molar-refractivity contribution in [2.45, 2.75) is 0 Å². The van der Waals surface area contributed by atoms with Crippen LogP contribution in [0.15, 0.2) is 36.5 Å². The van der Waals surface area contributed by atoms with E-state index in [0.29, 0.717) is 10.0 Å². The van der Waals surface area contributed by atoms with Gasteiger partial charge in [-0.1, -0.05) is 35.3 Å². The van der Waals surface area contributed by atoms with Crippen LogP contribution in [0.1, 0.15) is 10.5 Å². The highest BCUT2D eigenvalue weighted by atomic mass is 35.5. The zero-order chi connectivity index (χ0) is 12.4. The van der Waals surface area contributed by atoms with Crippen LogP contribution in [0, 0.1) is 0 Å². The highest BCUT2D eigenvalue weighted by molar-refractivity contribution is 6.36. The first-order chi connectivity index (χ1) is 8.08. The molecule has 0 saturated carbocycles. The Balaban J connectivity index is 2.43. The monoisotopic (exact) mass is 266 g/mol. The first-order valence-electron chi connectivity index (χ1n) is 4.79. The van der Waals surface area contributed by atoms with Crippen LogP contribution in [-0.4, -0.2) is 10.9 Å². The Kier molecular flexibility index (Phi) is 3.31. The molecule has 0 aliphatic carbocycles. The van der Waals surface area contributed by atoms with Gasteiger partial charge in [0.2, 0.25) is 0 Å². The molecule has 2 aromatic rings. The molecule has 0 aliphatic heterocycles. The summed E-state index contributed by atoms with van der Waals surface area (Å²) in [7, 11) is 0. The van der Waals surface area contributed by atoms with Crippen LogP contribution in [0.5, 0.6) is 0 Å². The van der Waals surface area contributed by atoms with Crippen LogP contribution in [0.25, 0.3) is 11.1 Å². The van der Waals surface area contributed by atoms with Crippen molar-refractivity contribution in [3.63, 3.8) is 0 Å². The Morgan fingerprint density at radius 3 is 2.47 bits per heavy atom. The van der Waals surface area contributed by atoms with E-state index in [1.165, 1.54) is 0 Å². The number of carbonyl (C=O) groups is 1. The van der Waals surface area contributed by atoms with E-state index in [0.717, 1.165) is 11.1 Å². The minimum atomic E-state index is -0.557. The summed E-state index contributed by atoms with van der Waals surface area (Å²) >= 11 is 11.9. The fourth-order valence-electron chi connectivity index (χ4n) is 1.42. The lowest BCUT2D eigenvalue weighted by Crippen LogP contribution is -2.12. The fraction of sp³-hybridized carbons (Fsp3) is 0. The van der Waals surface area contributed by atoms with E-state index in [4.69, 9.17) is 28.9 Å². The first kappa shape index (κ1) is 11.9. The van der Waals surface area contributed by atoms with Crippen molar-refractivity contribution in [1.82, 2.24) is 4.98 Å². The zero-order valence-electron chi connectivity index (χ0n) is 8.65. The number of primary amides is 1. The summed E-state index contributed by atoms with van der Waals surface area (Å²) in [6.07, 6.45) is 1.55. The van der Waals surface area contributed by atoms with Gasteiger partial charge < -0.3 is 5.73 Å². The molecule has 0 radical (unpaired) electrons. The summed E-state index contributed by atoms with van der Waals surface area (Å²) in [5.74, 6) is -0.557. The smallest absolute Gasteiger partial charge is 0.267 e. The molecule has 0 aliphatic rings. The van der Waals surface area contributed by atoms with Gasteiger partial charge in [-0.05, 0) is 18.2 Å². The average molecular weight is 267 g/mol. The zero-order valence-corrected chi connectivity index (χ0v) is 10.2. The van der Waals surface area contributed by atoms with Gasteiger partial charge in [0.25, 0.3) is 5.91 Å². The fourth-order valence-corrected chi connectivity index (χ4v) is 1.94. The molecule has 2 N–H and O–H groups in total. The van der Waals surface area contributed by atoms with Crippen LogP contribution >= 0.6 is 23.2 Å². The van der Waals surface area contributed by atoms with Crippen LogP contribution in [0.4, 0.5) is 0 Å². The van der Waals surface area contributed by atoms with E-state index >= 15 is 0 Å². The van der Waals surface area contributed by atoms with Gasteiger partial charge in [-0.15, -0.1) is 0 Å². The Morgan fingerprint density at radius 1 is 1.18 bits per heavy atom. The van der Waals surface area contributed by atoms with Crippen molar-refractivity contribution >= 4 is 29.1 Å². The summed E-state index contributed by atoms with van der Waals surface area (Å²) in [6, 6.07) is 8.49. The number of pyridine rings is 1. The molecule has 3 nitrogen and oxygen atoms in total. The van der Waals surface area contributed by atoms with Crippen molar-refractivity contribution in [3.8, 4) is 11.1 Å². The molecule has 0 spiro atoms. The highest BCUT2D eigenvalue weighted by Crippen LogP contribution is 2.29. The van der Waals surface area contributed by atoms with Crippen molar-refractivity contribution in [1.29, 1.82) is 0 Å². The summed E-state index contributed by atoms with van der Waals surface area (Å²) in [4.78, 5) is 14.8. The molecule has 0 atom stereocenters. The minimum Gasteiger partial charge on any atom is -0.364 e. The minimum absolute atomic E-state index is 0.221. The number of hydrogen-bond acceptors (Lipinski definition) is 2. The molecule has 0 saturated heterocycles. The number of carbonyl (C=O) groups excluding carboxylic acids is 1. The van der Waals surface area contributed by atoms with Crippen LogP contribution in [0.3, 0.4) is 0 Å². The normalized spacial score (nSPS) is 10.2. The third kappa shape index (κ3) is 2.57. The van der Waals surface area contributed by atoms with Crippen LogP contribution in [0.2, 0.25) is 10.0 Å². The molecule has 0 fully saturated rings. The largest absolute Gasteiger partial charge is 0.364 e. The second-order valence-electron chi connectivity index (χ2n) is 3.42. The molecule has 1 aromatic heterocycles. The van der Waals surface area contributed by atoms with Gasteiger partial charge in [-0.25, -0.2) is 0 Å². The predicted molar refractivity (Wildman–Crippen MR) is 68.2 cm³/mol. The van der Waals surface area contributed by atoms with E-state index in [9.17, 15) is 4.79 Å². The molecular weight excluding hydrogens is 259 g/mol. The summed E-state index contributed by atoms with van der Waals surface area (Å²) in [6.45, 7) is 0. The quantitative estimate of drug-likeness (QED) is 0.908. The first-order valence-corrected chi connectivity index (χ1v) is 5.55. The summed E-state index contributed by atoms with van der Waals surface area (Å²) in [5, 5.41) is 1.10. The van der Waals surface area contributed by atoms with Crippen molar-refractivity contribution in [2.24, 2.45) is 5.73 Å². The maximum absolute atomic E-state index is 10.9. The third-order valence-electron chi connectivity index (χ3n) is 2.26. The van der Waals surface area contributed by atoms with E-state index < -0.39 is 5.91 Å². The number of amides is 1. The van der Waals surface area contributed by atoms with Gasteiger partial charge >= 0.3 is 0 Å². The van der Waals surface area contributed by atoms with Gasteiger partial charge in [0, 0.05) is 27.4 Å². The van der Waals surface area contributed by atoms with Crippen molar-refractivity contribution in [2.75, 3.05) is 0 Å². The molecule has 1 amide bonds.